The van der Waals surface area contributed by atoms with Crippen LogP contribution in [0.5, 0.6) is 0 Å². The van der Waals surface area contributed by atoms with Gasteiger partial charge in [-0.3, -0.25) is 9.59 Å². The van der Waals surface area contributed by atoms with Gasteiger partial charge in [0, 0.05) is 19.1 Å². The molecule has 2 rings (SSSR count). The van der Waals surface area contributed by atoms with Gasteiger partial charge in [0.05, 0.1) is 18.3 Å². The number of carbonyl (C=O) groups is 1. The highest BCUT2D eigenvalue weighted by molar-refractivity contribution is 5.76. The molecular weight excluding hydrogens is 308 g/mol. The minimum atomic E-state index is -0.323. The molecule has 0 saturated heterocycles. The van der Waals surface area contributed by atoms with Crippen LogP contribution in [0.15, 0.2) is 41.3 Å². The lowest BCUT2D eigenvalue weighted by atomic mass is 10.1. The fraction of sp³-hybridized carbons (Fsp3) is 0.412. The van der Waals surface area contributed by atoms with E-state index < -0.39 is 0 Å². The van der Waals surface area contributed by atoms with Crippen LogP contribution in [0.3, 0.4) is 0 Å². The quantitative estimate of drug-likeness (QED) is 0.821. The molecule has 1 amide bonds. The van der Waals surface area contributed by atoms with E-state index in [0.29, 0.717) is 12.0 Å². The Hall–Kier alpha value is -2.54. The molecule has 7 nitrogen and oxygen atoms in total. The Morgan fingerprint density at radius 3 is 2.67 bits per heavy atom. The van der Waals surface area contributed by atoms with Crippen molar-refractivity contribution in [1.82, 2.24) is 20.3 Å². The van der Waals surface area contributed by atoms with Crippen molar-refractivity contribution < 1.29 is 9.53 Å². The Morgan fingerprint density at radius 2 is 2.00 bits per heavy atom. The molecular formula is C17H22N4O3. The first-order valence-electron chi connectivity index (χ1n) is 7.80. The topological polar surface area (TPSA) is 86.1 Å². The zero-order valence-corrected chi connectivity index (χ0v) is 14.1. The van der Waals surface area contributed by atoms with E-state index in [4.69, 9.17) is 4.74 Å². The van der Waals surface area contributed by atoms with E-state index in [1.54, 1.807) is 7.11 Å². The monoisotopic (exact) mass is 330 g/mol. The van der Waals surface area contributed by atoms with Crippen molar-refractivity contribution in [3.8, 4) is 0 Å². The number of carbonyl (C=O) groups excluding carboxylic acids is 1. The van der Waals surface area contributed by atoms with Crippen LogP contribution in [0, 0.1) is 0 Å². The Balaban J connectivity index is 2.04. The van der Waals surface area contributed by atoms with E-state index in [1.807, 2.05) is 44.2 Å². The van der Waals surface area contributed by atoms with Crippen LogP contribution in [-0.4, -0.2) is 34.1 Å². The number of hydrogen-bond donors (Lipinski definition) is 1. The van der Waals surface area contributed by atoms with Crippen molar-refractivity contribution in [3.63, 3.8) is 0 Å². The van der Waals surface area contributed by atoms with Crippen LogP contribution in [0.2, 0.25) is 0 Å². The largest absolute Gasteiger partial charge is 0.381 e. The second kappa shape index (κ2) is 8.35. The third-order valence-corrected chi connectivity index (χ3v) is 3.76. The van der Waals surface area contributed by atoms with Crippen LogP contribution in [0.1, 0.15) is 31.0 Å². The molecule has 0 spiro atoms. The van der Waals surface area contributed by atoms with Gasteiger partial charge in [0.1, 0.15) is 6.54 Å². The summed E-state index contributed by atoms with van der Waals surface area (Å²) >= 11 is 0. The van der Waals surface area contributed by atoms with Gasteiger partial charge in [0.15, 0.2) is 0 Å². The molecule has 0 aliphatic carbocycles. The number of ether oxygens (including phenoxy) is 1. The Labute approximate surface area is 140 Å². The molecule has 128 valence electrons. The Bertz CT molecular complexity index is 730. The maximum Gasteiger partial charge on any atom is 0.273 e. The lowest BCUT2D eigenvalue weighted by molar-refractivity contribution is -0.122. The fourth-order valence-corrected chi connectivity index (χ4v) is 2.30. The van der Waals surface area contributed by atoms with E-state index in [2.05, 4.69) is 15.6 Å². The molecule has 1 unspecified atom stereocenters. The van der Waals surface area contributed by atoms with Gasteiger partial charge in [0.25, 0.3) is 5.56 Å². The van der Waals surface area contributed by atoms with Crippen molar-refractivity contribution in [1.29, 1.82) is 0 Å². The predicted octanol–water partition coefficient (Wildman–Crippen LogP) is 1.09. The van der Waals surface area contributed by atoms with E-state index in [0.717, 1.165) is 10.2 Å². The molecule has 0 bridgehead atoms. The van der Waals surface area contributed by atoms with Gasteiger partial charge in [-0.25, -0.2) is 4.68 Å². The minimum absolute atomic E-state index is 0.109. The zero-order valence-electron chi connectivity index (χ0n) is 14.1. The molecule has 0 aliphatic heterocycles. The third kappa shape index (κ3) is 4.73. The number of nitrogens with one attached hydrogen (secondary N) is 1. The van der Waals surface area contributed by atoms with Gasteiger partial charge in [-0.1, -0.05) is 35.5 Å². The number of hydrogen-bond acceptors (Lipinski definition) is 5. The molecule has 24 heavy (non-hydrogen) atoms. The van der Waals surface area contributed by atoms with Crippen LogP contribution in [0.25, 0.3) is 0 Å². The standard InChI is InChI=1S/C17H22N4O3/c1-12(24-3)9-15-10-18-20-21(17(15)23)11-16(22)19-13(2)14-7-5-4-6-8-14/h4-8,10,12-13H,9,11H2,1-3H3,(H,19,22)/t12?,13-/m0/s1. The highest BCUT2D eigenvalue weighted by Gasteiger charge is 2.14. The van der Waals surface area contributed by atoms with Gasteiger partial charge in [0.2, 0.25) is 5.91 Å². The predicted molar refractivity (Wildman–Crippen MR) is 89.5 cm³/mol. The van der Waals surface area contributed by atoms with Crippen molar-refractivity contribution in [3.05, 3.63) is 58.0 Å². The zero-order chi connectivity index (χ0) is 17.5. The summed E-state index contributed by atoms with van der Waals surface area (Å²) in [5.74, 6) is -0.292. The van der Waals surface area contributed by atoms with Crippen LogP contribution in [-0.2, 0) is 22.5 Å². The molecule has 2 aromatic rings. The number of amides is 1. The molecule has 1 heterocycles. The molecule has 0 saturated carbocycles. The molecule has 7 heteroatoms. The van der Waals surface area contributed by atoms with Crippen molar-refractivity contribution in [2.24, 2.45) is 0 Å². The maximum atomic E-state index is 12.3. The van der Waals surface area contributed by atoms with Gasteiger partial charge < -0.3 is 10.1 Å². The highest BCUT2D eigenvalue weighted by Crippen LogP contribution is 2.10. The van der Waals surface area contributed by atoms with E-state index >= 15 is 0 Å². The summed E-state index contributed by atoms with van der Waals surface area (Å²) in [5.41, 5.74) is 1.15. The normalized spacial score (nSPS) is 13.3. The third-order valence-electron chi connectivity index (χ3n) is 3.76. The first-order valence-corrected chi connectivity index (χ1v) is 7.80. The molecule has 0 fully saturated rings. The van der Waals surface area contributed by atoms with E-state index in [9.17, 15) is 9.59 Å². The number of methoxy groups -OCH3 is 1. The van der Waals surface area contributed by atoms with Crippen LogP contribution in [0.4, 0.5) is 0 Å². The summed E-state index contributed by atoms with van der Waals surface area (Å²) in [6.07, 6.45) is 1.73. The molecule has 1 N–H and O–H groups in total. The number of rotatable bonds is 7. The van der Waals surface area contributed by atoms with Crippen molar-refractivity contribution in [2.75, 3.05) is 7.11 Å². The average molecular weight is 330 g/mol. The molecule has 0 aliphatic rings. The number of benzene rings is 1. The van der Waals surface area contributed by atoms with Crippen LogP contribution < -0.4 is 10.9 Å². The van der Waals surface area contributed by atoms with Gasteiger partial charge in [-0.05, 0) is 19.4 Å². The molecule has 0 radical (unpaired) electrons. The van der Waals surface area contributed by atoms with E-state index in [1.165, 1.54) is 6.20 Å². The summed E-state index contributed by atoms with van der Waals surface area (Å²) in [7, 11) is 1.58. The summed E-state index contributed by atoms with van der Waals surface area (Å²) in [5, 5.41) is 10.4. The molecule has 1 aromatic carbocycles. The van der Waals surface area contributed by atoms with Gasteiger partial charge in [-0.15, -0.1) is 5.10 Å². The molecule has 2 atom stereocenters. The fourth-order valence-electron chi connectivity index (χ4n) is 2.30. The van der Waals surface area contributed by atoms with E-state index in [-0.39, 0.29) is 30.2 Å². The van der Waals surface area contributed by atoms with Gasteiger partial charge >= 0.3 is 0 Å². The summed E-state index contributed by atoms with van der Waals surface area (Å²) < 4.78 is 6.23. The summed E-state index contributed by atoms with van der Waals surface area (Å²) in [4.78, 5) is 24.5. The number of aromatic nitrogens is 3. The van der Waals surface area contributed by atoms with Crippen LogP contribution >= 0.6 is 0 Å². The first kappa shape index (κ1) is 17.8. The molecule has 1 aromatic heterocycles. The Morgan fingerprint density at radius 1 is 1.29 bits per heavy atom. The Kier molecular flexibility index (Phi) is 6.20. The smallest absolute Gasteiger partial charge is 0.273 e. The summed E-state index contributed by atoms with van der Waals surface area (Å²) in [6, 6.07) is 9.45. The SMILES string of the molecule is COC(C)Cc1cnnn(CC(=O)N[C@@H](C)c2ccccc2)c1=O. The maximum absolute atomic E-state index is 12.3. The lowest BCUT2D eigenvalue weighted by Gasteiger charge is -2.14. The average Bonchev–Trinajstić information content (AvgIpc) is 2.59. The second-order valence-corrected chi connectivity index (χ2v) is 5.67. The van der Waals surface area contributed by atoms with Crippen molar-refractivity contribution in [2.45, 2.75) is 39.0 Å². The first-order chi connectivity index (χ1) is 11.5. The second-order valence-electron chi connectivity index (χ2n) is 5.67. The highest BCUT2D eigenvalue weighted by atomic mass is 16.5. The van der Waals surface area contributed by atoms with Gasteiger partial charge in [-0.2, -0.15) is 0 Å². The van der Waals surface area contributed by atoms with Crippen molar-refractivity contribution >= 4 is 5.91 Å². The minimum Gasteiger partial charge on any atom is -0.381 e. The number of nitrogens with zero attached hydrogens (tertiary/aromatic N) is 3. The summed E-state index contributed by atoms with van der Waals surface area (Å²) in [6.45, 7) is 3.58. The lowest BCUT2D eigenvalue weighted by Crippen LogP contribution is -2.36.